The van der Waals surface area contributed by atoms with Gasteiger partial charge in [-0.3, -0.25) is 4.98 Å². The molecule has 0 spiro atoms. The molecule has 2 aromatic rings. The van der Waals surface area contributed by atoms with Gasteiger partial charge in [-0.25, -0.2) is 0 Å². The van der Waals surface area contributed by atoms with Crippen molar-refractivity contribution in [1.29, 1.82) is 0 Å². The fourth-order valence-electron chi connectivity index (χ4n) is 2.13. The highest BCUT2D eigenvalue weighted by molar-refractivity contribution is 5.49. The monoisotopic (exact) mass is 285 g/mol. The Kier molecular flexibility index (Phi) is 4.81. The van der Waals surface area contributed by atoms with Crippen LogP contribution >= 0.6 is 0 Å². The summed E-state index contributed by atoms with van der Waals surface area (Å²) in [6, 6.07) is 9.96. The summed E-state index contributed by atoms with van der Waals surface area (Å²) in [6.45, 7) is 3.99. The van der Waals surface area contributed by atoms with Crippen molar-refractivity contribution in [3.05, 3.63) is 53.9 Å². The van der Waals surface area contributed by atoms with Gasteiger partial charge in [0.1, 0.15) is 5.75 Å². The molecule has 4 heteroatoms. The molecule has 1 aromatic heterocycles. The van der Waals surface area contributed by atoms with Gasteiger partial charge in [0.25, 0.3) is 0 Å². The smallest absolute Gasteiger partial charge is 0.138 e. The van der Waals surface area contributed by atoms with Crippen LogP contribution in [0.15, 0.2) is 42.7 Å². The molecule has 0 radical (unpaired) electrons. The molecule has 2 N–H and O–H groups in total. The number of nitrogens with zero attached hydrogens (tertiary/aromatic N) is 2. The van der Waals surface area contributed by atoms with Gasteiger partial charge in [-0.15, -0.1) is 0 Å². The van der Waals surface area contributed by atoms with Crippen LogP contribution in [0, 0.1) is 0 Å². The third kappa shape index (κ3) is 3.95. The maximum atomic E-state index is 6.37. The number of pyridine rings is 1. The summed E-state index contributed by atoms with van der Waals surface area (Å²) in [5, 5.41) is 0. The molecular weight excluding hydrogens is 262 g/mol. The molecule has 4 nitrogen and oxygen atoms in total. The number of rotatable bonds is 5. The minimum absolute atomic E-state index is 0.121. The lowest BCUT2D eigenvalue weighted by molar-refractivity contribution is 0.241. The molecule has 1 aromatic carbocycles. The Bertz CT molecular complexity index is 596. The lowest BCUT2D eigenvalue weighted by Gasteiger charge is -2.18. The van der Waals surface area contributed by atoms with Gasteiger partial charge in [0.05, 0.1) is 18.3 Å². The van der Waals surface area contributed by atoms with E-state index in [1.807, 2.05) is 46.1 Å². The first-order chi connectivity index (χ1) is 9.97. The summed E-state index contributed by atoms with van der Waals surface area (Å²) in [7, 11) is 4.03. The van der Waals surface area contributed by atoms with Gasteiger partial charge in [-0.2, -0.15) is 0 Å². The second-order valence-corrected chi connectivity index (χ2v) is 5.59. The second kappa shape index (κ2) is 6.59. The predicted molar refractivity (Wildman–Crippen MR) is 86.8 cm³/mol. The molecule has 1 atom stereocenters. The summed E-state index contributed by atoms with van der Waals surface area (Å²) in [5.41, 5.74) is 9.51. The lowest BCUT2D eigenvalue weighted by atomic mass is 10.0. The van der Waals surface area contributed by atoms with E-state index in [0.29, 0.717) is 0 Å². The highest BCUT2D eigenvalue weighted by Gasteiger charge is 2.12. The average molecular weight is 285 g/mol. The van der Waals surface area contributed by atoms with Crippen LogP contribution in [0.1, 0.15) is 31.0 Å². The molecule has 0 saturated heterocycles. The van der Waals surface area contributed by atoms with Crippen LogP contribution < -0.4 is 15.4 Å². The van der Waals surface area contributed by atoms with E-state index >= 15 is 0 Å². The van der Waals surface area contributed by atoms with E-state index < -0.39 is 0 Å². The molecule has 0 bridgehead atoms. The number of aromatic nitrogens is 1. The van der Waals surface area contributed by atoms with Gasteiger partial charge in [0.15, 0.2) is 0 Å². The van der Waals surface area contributed by atoms with Crippen LogP contribution in [0.3, 0.4) is 0 Å². The van der Waals surface area contributed by atoms with Crippen molar-refractivity contribution >= 4 is 5.69 Å². The van der Waals surface area contributed by atoms with Gasteiger partial charge in [0.2, 0.25) is 0 Å². The molecule has 112 valence electrons. The van der Waals surface area contributed by atoms with Crippen molar-refractivity contribution in [3.8, 4) is 5.75 Å². The van der Waals surface area contributed by atoms with Crippen molar-refractivity contribution in [2.24, 2.45) is 5.73 Å². The number of nitrogens with two attached hydrogens (primary N) is 1. The fourth-order valence-corrected chi connectivity index (χ4v) is 2.13. The van der Waals surface area contributed by atoms with E-state index in [-0.39, 0.29) is 12.1 Å². The summed E-state index contributed by atoms with van der Waals surface area (Å²) in [6.07, 6.45) is 3.63. The van der Waals surface area contributed by atoms with Crippen molar-refractivity contribution in [1.82, 2.24) is 4.98 Å². The summed E-state index contributed by atoms with van der Waals surface area (Å²) in [5.74, 6) is 0.752. The Morgan fingerprint density at radius 2 is 1.86 bits per heavy atom. The Labute approximate surface area is 126 Å². The van der Waals surface area contributed by atoms with Crippen molar-refractivity contribution < 1.29 is 4.74 Å². The van der Waals surface area contributed by atoms with Crippen LogP contribution in [0.25, 0.3) is 0 Å². The molecule has 1 heterocycles. The van der Waals surface area contributed by atoms with Crippen molar-refractivity contribution in [3.63, 3.8) is 0 Å². The fraction of sp³-hybridized carbons (Fsp3) is 0.353. The lowest BCUT2D eigenvalue weighted by Crippen LogP contribution is -2.15. The van der Waals surface area contributed by atoms with E-state index in [9.17, 15) is 0 Å². The number of anilines is 1. The number of hydrogen-bond acceptors (Lipinski definition) is 4. The molecule has 2 rings (SSSR count). The first kappa shape index (κ1) is 15.3. The van der Waals surface area contributed by atoms with Crippen molar-refractivity contribution in [2.75, 3.05) is 19.0 Å². The van der Waals surface area contributed by atoms with Crippen LogP contribution in [0.2, 0.25) is 0 Å². The Morgan fingerprint density at radius 1 is 1.10 bits per heavy atom. The first-order valence-corrected chi connectivity index (χ1v) is 7.12. The third-order valence-electron chi connectivity index (χ3n) is 3.21. The predicted octanol–water partition coefficient (Wildman–Crippen LogP) is 2.98. The van der Waals surface area contributed by atoms with E-state index in [1.54, 1.807) is 12.4 Å². The molecule has 21 heavy (non-hydrogen) atoms. The number of benzene rings is 1. The van der Waals surface area contributed by atoms with Gasteiger partial charge < -0.3 is 15.4 Å². The van der Waals surface area contributed by atoms with E-state index in [0.717, 1.165) is 22.6 Å². The molecule has 0 aliphatic heterocycles. The highest BCUT2D eigenvalue weighted by Crippen LogP contribution is 2.25. The molecule has 0 fully saturated rings. The Hall–Kier alpha value is -2.07. The molecular formula is C17H23N3O. The Morgan fingerprint density at radius 3 is 2.52 bits per heavy atom. The zero-order valence-corrected chi connectivity index (χ0v) is 13.1. The average Bonchev–Trinajstić information content (AvgIpc) is 2.46. The van der Waals surface area contributed by atoms with Crippen LogP contribution in [-0.2, 0) is 0 Å². The van der Waals surface area contributed by atoms with Crippen molar-refractivity contribution in [2.45, 2.75) is 26.0 Å². The van der Waals surface area contributed by atoms with Gasteiger partial charge in [-0.1, -0.05) is 12.1 Å². The zero-order chi connectivity index (χ0) is 15.4. The number of hydrogen-bond donors (Lipinski definition) is 1. The first-order valence-electron chi connectivity index (χ1n) is 7.12. The normalized spacial score (nSPS) is 12.3. The van der Waals surface area contributed by atoms with Gasteiger partial charge in [0, 0.05) is 26.0 Å². The van der Waals surface area contributed by atoms with Gasteiger partial charge >= 0.3 is 0 Å². The van der Waals surface area contributed by atoms with Crippen LogP contribution in [-0.4, -0.2) is 25.2 Å². The second-order valence-electron chi connectivity index (χ2n) is 5.59. The maximum absolute atomic E-state index is 6.37. The maximum Gasteiger partial charge on any atom is 0.138 e. The third-order valence-corrected chi connectivity index (χ3v) is 3.21. The van der Waals surface area contributed by atoms with Crippen LogP contribution in [0.5, 0.6) is 5.75 Å². The molecule has 0 saturated carbocycles. The standard InChI is InChI=1S/C17H23N3O/c1-12(2)21-16-9-14(10-19-11-16)17(18)13-6-5-7-15(8-13)20(3)4/h5-12,17H,18H2,1-4H3. The van der Waals surface area contributed by atoms with E-state index in [4.69, 9.17) is 10.5 Å². The summed E-state index contributed by atoms with van der Waals surface area (Å²) in [4.78, 5) is 6.29. The minimum atomic E-state index is -0.215. The molecule has 0 aliphatic carbocycles. The molecule has 1 unspecified atom stereocenters. The zero-order valence-electron chi connectivity index (χ0n) is 13.1. The largest absolute Gasteiger partial charge is 0.489 e. The molecule has 0 amide bonds. The minimum Gasteiger partial charge on any atom is -0.489 e. The van der Waals surface area contributed by atoms with E-state index in [1.165, 1.54) is 0 Å². The van der Waals surface area contributed by atoms with Crippen LogP contribution in [0.4, 0.5) is 5.69 Å². The number of ether oxygens (including phenoxy) is 1. The SMILES string of the molecule is CC(C)Oc1cncc(C(N)c2cccc(N(C)C)c2)c1. The van der Waals surface area contributed by atoms with E-state index in [2.05, 4.69) is 22.0 Å². The molecule has 0 aliphatic rings. The summed E-state index contributed by atoms with van der Waals surface area (Å²) >= 11 is 0. The Balaban J connectivity index is 2.27. The topological polar surface area (TPSA) is 51.4 Å². The highest BCUT2D eigenvalue weighted by atomic mass is 16.5. The van der Waals surface area contributed by atoms with Gasteiger partial charge in [-0.05, 0) is 43.2 Å². The quantitative estimate of drug-likeness (QED) is 0.917. The summed E-state index contributed by atoms with van der Waals surface area (Å²) < 4.78 is 5.68.